The van der Waals surface area contributed by atoms with E-state index in [1.165, 1.54) is 6.08 Å². The lowest BCUT2D eigenvalue weighted by atomic mass is 10.1. The van der Waals surface area contributed by atoms with Crippen LogP contribution in [0, 0.1) is 11.3 Å². The third-order valence-electron chi connectivity index (χ3n) is 3.69. The van der Waals surface area contributed by atoms with Gasteiger partial charge >= 0.3 is 0 Å². The molecule has 0 aliphatic carbocycles. The first-order valence-corrected chi connectivity index (χ1v) is 7.85. The molecule has 0 unspecified atom stereocenters. The Morgan fingerprint density at radius 3 is 2.76 bits per heavy atom. The van der Waals surface area contributed by atoms with Crippen LogP contribution in [0.1, 0.15) is 11.1 Å². The molecule has 0 saturated heterocycles. The quantitative estimate of drug-likeness (QED) is 0.541. The number of halogens is 1. The van der Waals surface area contributed by atoms with Gasteiger partial charge in [0.2, 0.25) is 0 Å². The molecule has 5 nitrogen and oxygen atoms in total. The number of hydrogen-bond acceptors (Lipinski definition) is 3. The Kier molecular flexibility index (Phi) is 4.73. The average molecular weight is 352 g/mol. The molecule has 3 N–H and O–H groups in total. The number of carbonyl (C=O) groups is 1. The summed E-state index contributed by atoms with van der Waals surface area (Å²) in [5.41, 5.74) is 7.51. The van der Waals surface area contributed by atoms with Gasteiger partial charge in [-0.25, -0.2) is 0 Å². The predicted octanol–water partition coefficient (Wildman–Crippen LogP) is 3.79. The number of amides is 1. The normalized spacial score (nSPS) is 11.3. The van der Waals surface area contributed by atoms with Crippen molar-refractivity contribution in [2.24, 2.45) is 5.73 Å². The molecule has 0 fully saturated rings. The zero-order chi connectivity index (χ0) is 17.8. The van der Waals surface area contributed by atoms with Crippen molar-refractivity contribution in [3.05, 3.63) is 70.4 Å². The van der Waals surface area contributed by atoms with Crippen LogP contribution in [0.15, 0.2) is 54.2 Å². The Labute approximate surface area is 149 Å². The molecular formula is C19H14ClN3O2. The van der Waals surface area contributed by atoms with Gasteiger partial charge in [0.1, 0.15) is 24.0 Å². The number of nitrogens with two attached hydrogens (primary N) is 1. The number of fused-ring (bicyclic) bond motifs is 1. The number of rotatable bonds is 5. The van der Waals surface area contributed by atoms with Gasteiger partial charge in [-0.05, 0) is 23.8 Å². The summed E-state index contributed by atoms with van der Waals surface area (Å²) in [6.07, 6.45) is 3.12. The first kappa shape index (κ1) is 16.6. The van der Waals surface area contributed by atoms with Gasteiger partial charge in [0.15, 0.2) is 0 Å². The summed E-state index contributed by atoms with van der Waals surface area (Å²) in [5.74, 6) is -0.254. The van der Waals surface area contributed by atoms with Crippen LogP contribution >= 0.6 is 11.6 Å². The number of nitrogens with one attached hydrogen (secondary N) is 1. The van der Waals surface area contributed by atoms with Crippen LogP contribution in [0.5, 0.6) is 5.75 Å². The number of carbonyl (C=O) groups excluding carboxylic acids is 1. The molecule has 1 amide bonds. The van der Waals surface area contributed by atoms with Gasteiger partial charge in [0, 0.05) is 22.7 Å². The van der Waals surface area contributed by atoms with Crippen molar-refractivity contribution in [3.63, 3.8) is 0 Å². The van der Waals surface area contributed by atoms with Crippen molar-refractivity contribution < 1.29 is 9.53 Å². The van der Waals surface area contributed by atoms with Crippen LogP contribution in [0.3, 0.4) is 0 Å². The molecule has 1 heterocycles. The standard InChI is InChI=1S/C19H14ClN3O2/c20-16-8-17-15(14(10-23-17)6-13(9-21)19(22)24)7-18(16)25-11-12-4-2-1-3-5-12/h1-8,10,23H,11H2,(H2,22,24)/b13-6+. The van der Waals surface area contributed by atoms with Crippen molar-refractivity contribution in [3.8, 4) is 11.8 Å². The van der Waals surface area contributed by atoms with Gasteiger partial charge in [-0.1, -0.05) is 41.9 Å². The van der Waals surface area contributed by atoms with Gasteiger partial charge in [0.25, 0.3) is 5.91 Å². The molecule has 0 aliphatic heterocycles. The molecule has 0 atom stereocenters. The van der Waals surface area contributed by atoms with E-state index in [0.29, 0.717) is 22.9 Å². The molecule has 124 valence electrons. The first-order valence-electron chi connectivity index (χ1n) is 7.47. The molecule has 2 aromatic carbocycles. The summed E-state index contributed by atoms with van der Waals surface area (Å²) < 4.78 is 5.81. The molecule has 3 aromatic rings. The van der Waals surface area contributed by atoms with Gasteiger partial charge < -0.3 is 15.5 Å². The number of benzene rings is 2. The van der Waals surface area contributed by atoms with E-state index in [9.17, 15) is 4.79 Å². The van der Waals surface area contributed by atoms with E-state index >= 15 is 0 Å². The molecule has 0 radical (unpaired) electrons. The number of aromatic amines is 1. The van der Waals surface area contributed by atoms with E-state index in [4.69, 9.17) is 27.3 Å². The Morgan fingerprint density at radius 1 is 1.32 bits per heavy atom. The van der Waals surface area contributed by atoms with Gasteiger partial charge in [0.05, 0.1) is 5.02 Å². The number of ether oxygens (including phenoxy) is 1. The van der Waals surface area contributed by atoms with Crippen molar-refractivity contribution >= 4 is 34.5 Å². The highest BCUT2D eigenvalue weighted by atomic mass is 35.5. The molecule has 3 rings (SSSR count). The van der Waals surface area contributed by atoms with Crippen molar-refractivity contribution in [1.82, 2.24) is 4.98 Å². The number of nitriles is 1. The van der Waals surface area contributed by atoms with Crippen LogP contribution in [0.2, 0.25) is 5.02 Å². The topological polar surface area (TPSA) is 91.9 Å². The highest BCUT2D eigenvalue weighted by molar-refractivity contribution is 6.32. The second-order valence-corrected chi connectivity index (χ2v) is 5.79. The van der Waals surface area contributed by atoms with Crippen molar-refractivity contribution in [1.29, 1.82) is 5.26 Å². The number of aromatic nitrogens is 1. The van der Waals surface area contributed by atoms with E-state index in [1.807, 2.05) is 30.3 Å². The fourth-order valence-corrected chi connectivity index (χ4v) is 2.64. The molecule has 0 aliphatic rings. The largest absolute Gasteiger partial charge is 0.487 e. The lowest BCUT2D eigenvalue weighted by Gasteiger charge is -2.09. The first-order chi connectivity index (χ1) is 12.1. The predicted molar refractivity (Wildman–Crippen MR) is 96.9 cm³/mol. The Bertz CT molecular complexity index is 1000. The zero-order valence-electron chi connectivity index (χ0n) is 13.1. The molecular weight excluding hydrogens is 338 g/mol. The Morgan fingerprint density at radius 2 is 2.08 bits per heavy atom. The zero-order valence-corrected chi connectivity index (χ0v) is 13.9. The van der Waals surface area contributed by atoms with Crippen LogP contribution in [-0.4, -0.2) is 10.9 Å². The van der Waals surface area contributed by atoms with Crippen LogP contribution in [0.25, 0.3) is 17.0 Å². The highest BCUT2D eigenvalue weighted by Crippen LogP contribution is 2.32. The van der Waals surface area contributed by atoms with E-state index in [-0.39, 0.29) is 5.57 Å². The maximum Gasteiger partial charge on any atom is 0.259 e. The Hall–Kier alpha value is -3.23. The third kappa shape index (κ3) is 3.65. The van der Waals surface area contributed by atoms with Crippen LogP contribution in [0.4, 0.5) is 0 Å². The maximum absolute atomic E-state index is 11.2. The molecule has 1 aromatic heterocycles. The van der Waals surface area contributed by atoms with E-state index < -0.39 is 5.91 Å². The van der Waals surface area contributed by atoms with Crippen molar-refractivity contribution in [2.45, 2.75) is 6.61 Å². The Balaban J connectivity index is 1.95. The highest BCUT2D eigenvalue weighted by Gasteiger charge is 2.11. The van der Waals surface area contributed by atoms with E-state index in [2.05, 4.69) is 4.98 Å². The van der Waals surface area contributed by atoms with Gasteiger partial charge in [-0.2, -0.15) is 5.26 Å². The molecule has 0 spiro atoms. The number of primary amides is 1. The second kappa shape index (κ2) is 7.12. The molecule has 25 heavy (non-hydrogen) atoms. The van der Waals surface area contributed by atoms with Gasteiger partial charge in [-0.3, -0.25) is 4.79 Å². The summed E-state index contributed by atoms with van der Waals surface area (Å²) in [7, 11) is 0. The molecule has 6 heteroatoms. The smallest absolute Gasteiger partial charge is 0.259 e. The summed E-state index contributed by atoms with van der Waals surface area (Å²) in [6, 6.07) is 15.0. The van der Waals surface area contributed by atoms with Gasteiger partial charge in [-0.15, -0.1) is 0 Å². The third-order valence-corrected chi connectivity index (χ3v) is 3.98. The SMILES string of the molecule is N#C/C(=C\c1c[nH]c2cc(Cl)c(OCc3ccccc3)cc12)C(N)=O. The lowest BCUT2D eigenvalue weighted by molar-refractivity contribution is -0.114. The minimum atomic E-state index is -0.772. The van der Waals surface area contributed by atoms with E-state index in [1.54, 1.807) is 24.4 Å². The van der Waals surface area contributed by atoms with E-state index in [0.717, 1.165) is 16.5 Å². The summed E-state index contributed by atoms with van der Waals surface area (Å²) in [6.45, 7) is 0.381. The minimum Gasteiger partial charge on any atom is -0.487 e. The lowest BCUT2D eigenvalue weighted by Crippen LogP contribution is -2.12. The number of nitrogens with zero attached hydrogens (tertiary/aromatic N) is 1. The fourth-order valence-electron chi connectivity index (χ4n) is 2.42. The molecule has 0 bridgehead atoms. The van der Waals surface area contributed by atoms with Crippen LogP contribution in [-0.2, 0) is 11.4 Å². The summed E-state index contributed by atoms with van der Waals surface area (Å²) >= 11 is 6.28. The number of hydrogen-bond donors (Lipinski definition) is 2. The fraction of sp³-hybridized carbons (Fsp3) is 0.0526. The maximum atomic E-state index is 11.2. The summed E-state index contributed by atoms with van der Waals surface area (Å²) in [5, 5.41) is 10.2. The van der Waals surface area contributed by atoms with Crippen molar-refractivity contribution in [2.75, 3.05) is 0 Å². The minimum absolute atomic E-state index is 0.123. The number of H-pyrrole nitrogens is 1. The van der Waals surface area contributed by atoms with Crippen LogP contribution < -0.4 is 10.5 Å². The monoisotopic (exact) mass is 351 g/mol. The summed E-state index contributed by atoms with van der Waals surface area (Å²) in [4.78, 5) is 14.3. The molecule has 0 saturated carbocycles. The second-order valence-electron chi connectivity index (χ2n) is 5.38. The average Bonchev–Trinajstić information content (AvgIpc) is 2.99.